The molecule has 28 heavy (non-hydrogen) atoms. The van der Waals surface area contributed by atoms with Crippen LogP contribution in [0.2, 0.25) is 0 Å². The Morgan fingerprint density at radius 3 is 2.82 bits per heavy atom. The van der Waals surface area contributed by atoms with Gasteiger partial charge in [0.25, 0.3) is 0 Å². The smallest absolute Gasteiger partial charge is 0.229 e. The first kappa shape index (κ1) is 17.9. The lowest BCUT2D eigenvalue weighted by Crippen LogP contribution is -2.57. The standard InChI is InChI=1S/C20H28N6O2/c1-14-11-24(9-10-28-14)20(27)15-12-25(13-15)19-16-4-7-23(2)8-5-17(16)22-18-3-6-21-26(18)19/h3,6,14-15H,4-5,7-13H2,1-2H3. The average molecular weight is 384 g/mol. The number of likely N-dealkylation sites (N-methyl/N-ethyl adjacent to an activating group) is 1. The van der Waals surface area contributed by atoms with Gasteiger partial charge < -0.3 is 19.4 Å². The number of hydrogen-bond acceptors (Lipinski definition) is 6. The molecule has 1 atom stereocenters. The third-order valence-corrected chi connectivity index (χ3v) is 6.25. The Labute approximate surface area is 165 Å². The molecule has 3 aliphatic heterocycles. The Morgan fingerprint density at radius 2 is 2.00 bits per heavy atom. The number of amides is 1. The van der Waals surface area contributed by atoms with E-state index >= 15 is 0 Å². The van der Waals surface area contributed by atoms with Crippen LogP contribution in [-0.2, 0) is 22.4 Å². The molecule has 150 valence electrons. The zero-order chi connectivity index (χ0) is 19.3. The van der Waals surface area contributed by atoms with Crippen LogP contribution in [0.15, 0.2) is 12.3 Å². The number of ether oxygens (including phenoxy) is 1. The first-order valence-corrected chi connectivity index (χ1v) is 10.3. The van der Waals surface area contributed by atoms with E-state index in [4.69, 9.17) is 9.72 Å². The summed E-state index contributed by atoms with van der Waals surface area (Å²) >= 11 is 0. The molecule has 0 radical (unpaired) electrons. The number of carbonyl (C=O) groups excluding carboxylic acids is 1. The normalized spacial score (nSPS) is 24.1. The molecular formula is C20H28N6O2. The van der Waals surface area contributed by atoms with Crippen molar-refractivity contribution in [3.05, 3.63) is 23.5 Å². The van der Waals surface area contributed by atoms with Gasteiger partial charge in [-0.1, -0.05) is 0 Å². The van der Waals surface area contributed by atoms with Crippen LogP contribution in [0, 0.1) is 5.92 Å². The van der Waals surface area contributed by atoms with Crippen LogP contribution < -0.4 is 4.90 Å². The second-order valence-corrected chi connectivity index (χ2v) is 8.33. The van der Waals surface area contributed by atoms with Crippen molar-refractivity contribution in [1.29, 1.82) is 0 Å². The van der Waals surface area contributed by atoms with Crippen molar-refractivity contribution in [3.8, 4) is 0 Å². The number of hydrogen-bond donors (Lipinski definition) is 0. The van der Waals surface area contributed by atoms with Crippen molar-refractivity contribution >= 4 is 17.4 Å². The van der Waals surface area contributed by atoms with Gasteiger partial charge in [0.2, 0.25) is 5.91 Å². The first-order chi connectivity index (χ1) is 13.6. The van der Waals surface area contributed by atoms with E-state index in [2.05, 4.69) is 21.9 Å². The summed E-state index contributed by atoms with van der Waals surface area (Å²) in [6.07, 6.45) is 3.88. The number of rotatable bonds is 2. The predicted octanol–water partition coefficient (Wildman–Crippen LogP) is 0.443. The van der Waals surface area contributed by atoms with Crippen LogP contribution in [-0.4, -0.2) is 89.3 Å². The molecule has 0 aromatic carbocycles. The second kappa shape index (κ2) is 7.00. The lowest BCUT2D eigenvalue weighted by Gasteiger charge is -2.44. The van der Waals surface area contributed by atoms with Crippen LogP contribution in [0.5, 0.6) is 0 Å². The molecule has 2 aromatic rings. The molecule has 5 rings (SSSR count). The maximum Gasteiger partial charge on any atom is 0.229 e. The Balaban J connectivity index is 1.39. The minimum atomic E-state index is 0.0631. The Morgan fingerprint density at radius 1 is 1.18 bits per heavy atom. The van der Waals surface area contributed by atoms with E-state index in [9.17, 15) is 4.79 Å². The van der Waals surface area contributed by atoms with E-state index in [0.717, 1.165) is 50.5 Å². The molecule has 5 heterocycles. The number of fused-ring (bicyclic) bond motifs is 2. The van der Waals surface area contributed by atoms with Crippen molar-refractivity contribution < 1.29 is 9.53 Å². The summed E-state index contributed by atoms with van der Waals surface area (Å²) in [5, 5.41) is 4.54. The summed E-state index contributed by atoms with van der Waals surface area (Å²) in [5.41, 5.74) is 3.38. The van der Waals surface area contributed by atoms with Gasteiger partial charge in [-0.2, -0.15) is 9.61 Å². The van der Waals surface area contributed by atoms with E-state index in [1.54, 1.807) is 0 Å². The van der Waals surface area contributed by atoms with Gasteiger partial charge in [-0.3, -0.25) is 4.79 Å². The monoisotopic (exact) mass is 384 g/mol. The molecule has 2 aromatic heterocycles. The molecule has 2 fully saturated rings. The summed E-state index contributed by atoms with van der Waals surface area (Å²) in [7, 11) is 2.16. The zero-order valence-electron chi connectivity index (χ0n) is 16.7. The highest BCUT2D eigenvalue weighted by atomic mass is 16.5. The molecular weight excluding hydrogens is 356 g/mol. The van der Waals surface area contributed by atoms with Crippen molar-refractivity contribution in [3.63, 3.8) is 0 Å². The Kier molecular flexibility index (Phi) is 4.47. The van der Waals surface area contributed by atoms with Crippen LogP contribution in [0.4, 0.5) is 5.82 Å². The highest BCUT2D eigenvalue weighted by molar-refractivity contribution is 5.82. The highest BCUT2D eigenvalue weighted by Gasteiger charge is 2.39. The molecule has 0 aliphatic carbocycles. The van der Waals surface area contributed by atoms with Crippen LogP contribution in [0.1, 0.15) is 18.2 Å². The van der Waals surface area contributed by atoms with Crippen molar-refractivity contribution in [2.45, 2.75) is 25.9 Å². The molecule has 3 aliphatic rings. The van der Waals surface area contributed by atoms with E-state index in [-0.39, 0.29) is 17.9 Å². The number of carbonyl (C=O) groups is 1. The van der Waals surface area contributed by atoms with Gasteiger partial charge in [-0.15, -0.1) is 0 Å². The van der Waals surface area contributed by atoms with Gasteiger partial charge in [0.15, 0.2) is 5.65 Å². The number of morpholine rings is 1. The Hall–Kier alpha value is -2.19. The summed E-state index contributed by atoms with van der Waals surface area (Å²) in [6, 6.07) is 1.97. The first-order valence-electron chi connectivity index (χ1n) is 10.3. The second-order valence-electron chi connectivity index (χ2n) is 8.33. The maximum absolute atomic E-state index is 12.9. The SMILES string of the molecule is CC1CN(C(=O)C2CN(c3c4c(nc5ccnn35)CCN(C)CC4)C2)CCO1. The summed E-state index contributed by atoms with van der Waals surface area (Å²) < 4.78 is 7.54. The molecule has 1 amide bonds. The topological polar surface area (TPSA) is 66.2 Å². The van der Waals surface area contributed by atoms with Crippen LogP contribution >= 0.6 is 0 Å². The lowest BCUT2D eigenvalue weighted by atomic mass is 9.96. The molecule has 2 saturated heterocycles. The highest BCUT2D eigenvalue weighted by Crippen LogP contribution is 2.32. The zero-order valence-corrected chi connectivity index (χ0v) is 16.7. The largest absolute Gasteiger partial charge is 0.375 e. The fourth-order valence-electron chi connectivity index (χ4n) is 4.59. The quantitative estimate of drug-likeness (QED) is 0.749. The van der Waals surface area contributed by atoms with Gasteiger partial charge in [0.1, 0.15) is 5.82 Å². The van der Waals surface area contributed by atoms with Crippen molar-refractivity contribution in [1.82, 2.24) is 24.4 Å². The van der Waals surface area contributed by atoms with E-state index in [1.807, 2.05) is 28.6 Å². The van der Waals surface area contributed by atoms with Crippen molar-refractivity contribution in [2.24, 2.45) is 5.92 Å². The van der Waals surface area contributed by atoms with Gasteiger partial charge in [0.05, 0.1) is 30.5 Å². The molecule has 0 N–H and O–H groups in total. The van der Waals surface area contributed by atoms with Gasteiger partial charge in [-0.25, -0.2) is 4.98 Å². The van der Waals surface area contributed by atoms with Crippen molar-refractivity contribution in [2.75, 3.05) is 57.8 Å². The molecule has 8 nitrogen and oxygen atoms in total. The summed E-state index contributed by atoms with van der Waals surface area (Å²) in [4.78, 5) is 24.4. The summed E-state index contributed by atoms with van der Waals surface area (Å²) in [6.45, 7) is 7.65. The van der Waals surface area contributed by atoms with Gasteiger partial charge in [-0.05, 0) is 20.4 Å². The third kappa shape index (κ3) is 3.04. The number of anilines is 1. The number of nitrogens with zero attached hydrogens (tertiary/aromatic N) is 6. The van der Waals surface area contributed by atoms with E-state index in [1.165, 1.54) is 11.3 Å². The minimum absolute atomic E-state index is 0.0631. The molecule has 0 spiro atoms. The van der Waals surface area contributed by atoms with E-state index < -0.39 is 0 Å². The fraction of sp³-hybridized carbons (Fsp3) is 0.650. The van der Waals surface area contributed by atoms with Crippen LogP contribution in [0.3, 0.4) is 0 Å². The predicted molar refractivity (Wildman–Crippen MR) is 106 cm³/mol. The van der Waals surface area contributed by atoms with Gasteiger partial charge in [0, 0.05) is 57.3 Å². The molecule has 0 saturated carbocycles. The van der Waals surface area contributed by atoms with Crippen LogP contribution in [0.25, 0.3) is 5.65 Å². The fourth-order valence-corrected chi connectivity index (χ4v) is 4.59. The average Bonchev–Trinajstić information content (AvgIpc) is 3.03. The van der Waals surface area contributed by atoms with E-state index in [0.29, 0.717) is 19.7 Å². The Bertz CT molecular complexity index is 890. The lowest BCUT2D eigenvalue weighted by molar-refractivity contribution is -0.143. The summed E-state index contributed by atoms with van der Waals surface area (Å²) in [5.74, 6) is 1.47. The third-order valence-electron chi connectivity index (χ3n) is 6.25. The maximum atomic E-state index is 12.9. The molecule has 8 heteroatoms. The minimum Gasteiger partial charge on any atom is -0.375 e. The number of aromatic nitrogens is 3. The van der Waals surface area contributed by atoms with Gasteiger partial charge >= 0.3 is 0 Å². The molecule has 0 bridgehead atoms. The molecule has 1 unspecified atom stereocenters.